The monoisotopic (exact) mass is 603 g/mol. The minimum atomic E-state index is -0.877. The smallest absolute Gasteiger partial charge is 0.366 e. The Kier molecular flexibility index (Phi) is 10.2. The van der Waals surface area contributed by atoms with Crippen molar-refractivity contribution in [2.45, 2.75) is 6.92 Å². The van der Waals surface area contributed by atoms with Gasteiger partial charge < -0.3 is 6.42 Å². The average molecular weight is 603 g/mol. The number of hydrogen-bond donors (Lipinski definition) is 0. The Morgan fingerprint density at radius 3 is 1.29 bits per heavy atom. The third kappa shape index (κ3) is 7.18. The van der Waals surface area contributed by atoms with Gasteiger partial charge >= 0.3 is 22.4 Å². The number of carbonyl (C=O) groups excluding carboxylic acids is 1. The van der Waals surface area contributed by atoms with Crippen molar-refractivity contribution >= 4 is 29.6 Å². The van der Waals surface area contributed by atoms with Crippen LogP contribution < -0.4 is 15.9 Å². The summed E-state index contributed by atoms with van der Waals surface area (Å²) in [6, 6.07) is 39.3. The van der Waals surface area contributed by atoms with Crippen LogP contribution in [0.25, 0.3) is 0 Å². The molecule has 0 aliphatic rings. The second-order valence-electron chi connectivity index (χ2n) is 6.73. The summed E-state index contributed by atoms with van der Waals surface area (Å²) in [6.45, 7) is 1.52. The molecule has 0 heterocycles. The maximum Gasteiger partial charge on any atom is 1.00 e. The fraction of sp³-hybridized carbons (Fsp3) is 0.0357. The molecule has 0 bridgehead atoms. The topological polar surface area (TPSA) is 17.1 Å². The molecular formula is C28H23AuOP+. The molecule has 0 aliphatic carbocycles. The Labute approximate surface area is 201 Å². The van der Waals surface area contributed by atoms with Crippen molar-refractivity contribution in [1.29, 1.82) is 0 Å². The number of benzene rings is 4. The molecule has 0 aromatic heterocycles. The van der Waals surface area contributed by atoms with Crippen LogP contribution in [0.5, 0.6) is 0 Å². The molecule has 0 atom stereocenters. The van der Waals surface area contributed by atoms with Gasteiger partial charge in [-0.15, -0.1) is 17.7 Å². The van der Waals surface area contributed by atoms with Crippen LogP contribution in [0, 0.1) is 12.3 Å². The molecule has 1 nitrogen and oxygen atoms in total. The Morgan fingerprint density at radius 1 is 0.645 bits per heavy atom. The number of ketones is 1. The van der Waals surface area contributed by atoms with Crippen LogP contribution >= 0.6 is 7.92 Å². The summed E-state index contributed by atoms with van der Waals surface area (Å²) in [5.41, 5.74) is 1.36. The standard InChI is InChI=1S/C18H15P.C10H7O.Au/c1-4-10-16(11-5-1)19(17-12-6-2-7-13-17)18-14-8-3-9-15-18;1-3-9-4-6-10(7-5-9)8(2)11;/h1-15H;4-7H,2H3;/q;-1;+1/p+1. The van der Waals surface area contributed by atoms with E-state index in [4.69, 9.17) is 6.42 Å². The van der Waals surface area contributed by atoms with Crippen molar-refractivity contribution in [1.82, 2.24) is 0 Å². The van der Waals surface area contributed by atoms with Crippen LogP contribution in [0.2, 0.25) is 0 Å². The van der Waals surface area contributed by atoms with E-state index in [1.165, 1.54) is 22.8 Å². The molecule has 0 amide bonds. The summed E-state index contributed by atoms with van der Waals surface area (Å²) in [5.74, 6) is 2.27. The predicted molar refractivity (Wildman–Crippen MR) is 129 cm³/mol. The van der Waals surface area contributed by atoms with Gasteiger partial charge in [-0.05, 0) is 43.3 Å². The summed E-state index contributed by atoms with van der Waals surface area (Å²) < 4.78 is 0. The van der Waals surface area contributed by atoms with Crippen LogP contribution in [0.4, 0.5) is 0 Å². The van der Waals surface area contributed by atoms with E-state index < -0.39 is 7.92 Å². The summed E-state index contributed by atoms with van der Waals surface area (Å²) in [7, 11) is -0.877. The van der Waals surface area contributed by atoms with Crippen molar-refractivity contribution in [3.05, 3.63) is 133 Å². The fourth-order valence-electron chi connectivity index (χ4n) is 3.10. The van der Waals surface area contributed by atoms with Crippen molar-refractivity contribution in [2.24, 2.45) is 0 Å². The minimum absolute atomic E-state index is 0. The normalized spacial score (nSPS) is 9.58. The number of rotatable bonds is 4. The van der Waals surface area contributed by atoms with Crippen LogP contribution in [-0.2, 0) is 22.4 Å². The van der Waals surface area contributed by atoms with E-state index in [-0.39, 0.29) is 28.2 Å². The van der Waals surface area contributed by atoms with E-state index in [1.54, 1.807) is 24.3 Å². The van der Waals surface area contributed by atoms with Crippen molar-refractivity contribution in [2.75, 3.05) is 0 Å². The Balaban J connectivity index is 0.000000245. The molecular weight excluding hydrogens is 580 g/mol. The second kappa shape index (κ2) is 12.9. The molecule has 0 saturated carbocycles. The number of Topliss-reactive ketones (excluding diaryl/α,β-unsaturated/α-hetero) is 1. The molecule has 0 spiro atoms. The average Bonchev–Trinajstić information content (AvgIpc) is 2.82. The van der Waals surface area contributed by atoms with Gasteiger partial charge in [0.05, 0.1) is 7.92 Å². The summed E-state index contributed by atoms with van der Waals surface area (Å²) in [4.78, 5) is 10.8. The maximum atomic E-state index is 10.8. The summed E-state index contributed by atoms with van der Waals surface area (Å²) >= 11 is 0. The molecule has 0 fully saturated rings. The van der Waals surface area contributed by atoms with E-state index in [0.29, 0.717) is 11.1 Å². The molecule has 3 heteroatoms. The van der Waals surface area contributed by atoms with Gasteiger partial charge in [0, 0.05) is 5.56 Å². The molecule has 0 aliphatic heterocycles. The zero-order valence-corrected chi connectivity index (χ0v) is 20.3. The van der Waals surface area contributed by atoms with E-state index in [9.17, 15) is 4.79 Å². The van der Waals surface area contributed by atoms with Crippen LogP contribution in [0.1, 0.15) is 22.8 Å². The van der Waals surface area contributed by atoms with Crippen LogP contribution in [0.15, 0.2) is 115 Å². The third-order valence-corrected chi connectivity index (χ3v) is 7.36. The summed E-state index contributed by atoms with van der Waals surface area (Å²) in [5, 5.41) is 4.31. The molecule has 0 radical (unpaired) electrons. The predicted octanol–water partition coefficient (Wildman–Crippen LogP) is 5.00. The van der Waals surface area contributed by atoms with Crippen molar-refractivity contribution < 1.29 is 27.2 Å². The first-order valence-electron chi connectivity index (χ1n) is 9.76. The fourth-order valence-corrected chi connectivity index (χ4v) is 5.68. The zero-order valence-electron chi connectivity index (χ0n) is 17.2. The van der Waals surface area contributed by atoms with Gasteiger partial charge in [0.1, 0.15) is 15.9 Å². The minimum Gasteiger partial charge on any atom is -0.366 e. The molecule has 31 heavy (non-hydrogen) atoms. The Morgan fingerprint density at radius 2 is 1.00 bits per heavy atom. The van der Waals surface area contributed by atoms with E-state index >= 15 is 0 Å². The first kappa shape index (κ1) is 24.5. The Bertz CT molecular complexity index is 1010. The van der Waals surface area contributed by atoms with Gasteiger partial charge in [0.2, 0.25) is 0 Å². The zero-order chi connectivity index (χ0) is 21.2. The van der Waals surface area contributed by atoms with Crippen LogP contribution in [-0.4, -0.2) is 5.78 Å². The Hall–Kier alpha value is -2.72. The van der Waals surface area contributed by atoms with Crippen molar-refractivity contribution in [3.8, 4) is 5.92 Å². The molecule has 0 N–H and O–H groups in total. The van der Waals surface area contributed by atoms with Gasteiger partial charge in [0.15, 0.2) is 5.78 Å². The third-order valence-electron chi connectivity index (χ3n) is 4.62. The van der Waals surface area contributed by atoms with Gasteiger partial charge in [-0.25, -0.2) is 0 Å². The largest absolute Gasteiger partial charge is 1.00 e. The molecule has 4 aromatic carbocycles. The number of hydrogen-bond acceptors (Lipinski definition) is 1. The second-order valence-corrected chi connectivity index (χ2v) is 9.21. The molecule has 0 unspecified atom stereocenters. The van der Waals surface area contributed by atoms with Crippen molar-refractivity contribution in [3.63, 3.8) is 0 Å². The maximum absolute atomic E-state index is 10.8. The summed E-state index contributed by atoms with van der Waals surface area (Å²) in [6.07, 6.45) is 6.79. The van der Waals surface area contributed by atoms with E-state index in [0.717, 1.165) is 0 Å². The van der Waals surface area contributed by atoms with Gasteiger partial charge in [0.25, 0.3) is 0 Å². The van der Waals surface area contributed by atoms with E-state index in [2.05, 4.69) is 96.9 Å². The molecule has 4 rings (SSSR count). The number of carbonyl (C=O) groups is 1. The molecule has 0 saturated heterocycles. The first-order valence-corrected chi connectivity index (χ1v) is 11.3. The van der Waals surface area contributed by atoms with E-state index in [1.807, 2.05) is 0 Å². The molecule has 156 valence electrons. The molecule has 4 aromatic rings. The quantitative estimate of drug-likeness (QED) is 0.106. The first-order chi connectivity index (χ1) is 14.7. The SMILES string of the molecule is [Au+].[C-]#Cc1ccc(C(C)=O)cc1.c1ccc([PH+](c2ccccc2)c2ccccc2)cc1. The van der Waals surface area contributed by atoms with Gasteiger partial charge in [-0.3, -0.25) is 10.7 Å². The van der Waals surface area contributed by atoms with Gasteiger partial charge in [-0.2, -0.15) is 0 Å². The van der Waals surface area contributed by atoms with Crippen LogP contribution in [0.3, 0.4) is 0 Å². The van der Waals surface area contributed by atoms with Gasteiger partial charge in [-0.1, -0.05) is 66.7 Å².